The monoisotopic (exact) mass is 354 g/mol. The molecule has 2 aliphatic heterocycles. The average molecular weight is 354 g/mol. The maximum absolute atomic E-state index is 4.32. The van der Waals surface area contributed by atoms with Crippen LogP contribution < -0.4 is 5.43 Å². The Kier molecular flexibility index (Phi) is 3.06. The Morgan fingerprint density at radius 1 is 1.00 bits per heavy atom. The zero-order valence-electron chi connectivity index (χ0n) is 14.8. The first-order valence-corrected chi connectivity index (χ1v) is 9.43. The molecule has 2 N–H and O–H groups in total. The average Bonchev–Trinajstić information content (AvgIpc) is 3.25. The molecule has 1 aromatic heterocycles. The van der Waals surface area contributed by atoms with Crippen LogP contribution in [0.5, 0.6) is 0 Å². The molecule has 1 fully saturated rings. The van der Waals surface area contributed by atoms with E-state index >= 15 is 0 Å². The van der Waals surface area contributed by atoms with E-state index in [1.165, 1.54) is 27.4 Å². The van der Waals surface area contributed by atoms with Crippen molar-refractivity contribution in [3.05, 3.63) is 72.3 Å². The number of benzene rings is 2. The van der Waals surface area contributed by atoms with Crippen LogP contribution in [0, 0.1) is 0 Å². The lowest BCUT2D eigenvalue weighted by Gasteiger charge is -2.40. The number of aromatic nitrogens is 1. The van der Waals surface area contributed by atoms with Gasteiger partial charge in [-0.2, -0.15) is 0 Å². The van der Waals surface area contributed by atoms with Gasteiger partial charge < -0.3 is 4.98 Å². The largest absolute Gasteiger partial charge is 0.355 e. The van der Waals surface area contributed by atoms with Gasteiger partial charge in [0.15, 0.2) is 5.70 Å². The molecule has 3 aliphatic rings. The number of H-pyrrole nitrogens is 1. The molecule has 6 rings (SSSR count). The lowest BCUT2D eigenvalue weighted by atomic mass is 9.76. The molecule has 3 aromatic rings. The van der Waals surface area contributed by atoms with Crippen molar-refractivity contribution in [2.75, 3.05) is 0 Å². The maximum Gasteiger partial charge on any atom is 0.219 e. The molecular weight excluding hydrogens is 334 g/mol. The number of aromatic amines is 1. The third-order valence-electron chi connectivity index (χ3n) is 6.01. The predicted molar refractivity (Wildman–Crippen MR) is 109 cm³/mol. The Morgan fingerprint density at radius 2 is 1.89 bits per heavy atom. The number of nitrogens with zero attached hydrogens (tertiary/aromatic N) is 3. The summed E-state index contributed by atoms with van der Waals surface area (Å²) in [7, 11) is 0. The standard InChI is InChI=1S/C22H20N5/c1-2-4-21-19(3-1)20-6-5-15(11-22(20)25-21)16-9-17(10-16)26-27-8-7-23-12-18(27)13-24-14-27/h1-8,11-14,16-17,25-26H,9-10H2/q+1. The summed E-state index contributed by atoms with van der Waals surface area (Å²) in [5, 5.41) is 2.61. The third kappa shape index (κ3) is 2.25. The minimum Gasteiger partial charge on any atom is -0.355 e. The van der Waals surface area contributed by atoms with Gasteiger partial charge in [-0.1, -0.05) is 30.3 Å². The molecule has 0 bridgehead atoms. The van der Waals surface area contributed by atoms with Crippen LogP contribution in [0.15, 0.2) is 76.7 Å². The first kappa shape index (κ1) is 15.1. The van der Waals surface area contributed by atoms with Crippen molar-refractivity contribution in [2.24, 2.45) is 9.98 Å². The maximum atomic E-state index is 4.32. The number of nitrogens with one attached hydrogen (secondary N) is 2. The first-order valence-electron chi connectivity index (χ1n) is 9.43. The van der Waals surface area contributed by atoms with Crippen LogP contribution in [0.25, 0.3) is 21.8 Å². The van der Waals surface area contributed by atoms with Crippen molar-refractivity contribution >= 4 is 34.4 Å². The lowest BCUT2D eigenvalue weighted by molar-refractivity contribution is -0.788. The number of hydrogen-bond donors (Lipinski definition) is 2. The number of rotatable bonds is 3. The molecule has 1 atom stereocenters. The van der Waals surface area contributed by atoms with E-state index in [-0.39, 0.29) is 0 Å². The van der Waals surface area contributed by atoms with E-state index in [0.717, 1.165) is 18.5 Å². The Morgan fingerprint density at radius 3 is 2.85 bits per heavy atom. The fourth-order valence-corrected chi connectivity index (χ4v) is 4.47. The number of fused-ring (bicyclic) bond motifs is 4. The summed E-state index contributed by atoms with van der Waals surface area (Å²) in [6.45, 7) is 0. The zero-order valence-corrected chi connectivity index (χ0v) is 14.8. The van der Waals surface area contributed by atoms with Gasteiger partial charge in [0.1, 0.15) is 6.20 Å². The quantitative estimate of drug-likeness (QED) is 0.676. The van der Waals surface area contributed by atoms with E-state index in [0.29, 0.717) is 16.6 Å². The number of quaternary nitrogens is 1. The molecule has 2 aromatic carbocycles. The van der Waals surface area contributed by atoms with Gasteiger partial charge in [0.05, 0.1) is 24.7 Å². The third-order valence-corrected chi connectivity index (χ3v) is 6.01. The van der Waals surface area contributed by atoms with Crippen LogP contribution in [-0.2, 0) is 0 Å². The molecule has 5 heteroatoms. The molecule has 0 radical (unpaired) electrons. The molecule has 1 saturated carbocycles. The van der Waals surface area contributed by atoms with Gasteiger partial charge >= 0.3 is 0 Å². The minimum atomic E-state index is 0.470. The fourth-order valence-electron chi connectivity index (χ4n) is 4.47. The molecule has 27 heavy (non-hydrogen) atoms. The summed E-state index contributed by atoms with van der Waals surface area (Å²) in [5.74, 6) is 0.603. The topological polar surface area (TPSA) is 52.5 Å². The molecule has 5 nitrogen and oxygen atoms in total. The molecule has 3 heterocycles. The molecule has 132 valence electrons. The molecule has 0 spiro atoms. The van der Waals surface area contributed by atoms with Gasteiger partial charge in [-0.05, 0) is 36.5 Å². The van der Waals surface area contributed by atoms with E-state index in [9.17, 15) is 0 Å². The highest BCUT2D eigenvalue weighted by Crippen LogP contribution is 2.40. The number of allylic oxidation sites excluding steroid dienone is 1. The molecular formula is C22H20N5+. The first-order chi connectivity index (χ1) is 13.3. The van der Waals surface area contributed by atoms with E-state index < -0.39 is 0 Å². The Balaban J connectivity index is 1.22. The summed E-state index contributed by atoms with van der Waals surface area (Å²) >= 11 is 0. The number of aliphatic imine (C=N–C) groups is 2. The smallest absolute Gasteiger partial charge is 0.219 e. The van der Waals surface area contributed by atoms with Crippen molar-refractivity contribution in [1.29, 1.82) is 0 Å². The normalized spacial score (nSPS) is 28.5. The molecule has 1 unspecified atom stereocenters. The van der Waals surface area contributed by atoms with Crippen LogP contribution >= 0.6 is 0 Å². The number of hydrogen-bond acceptors (Lipinski definition) is 3. The molecule has 1 aliphatic carbocycles. The summed E-state index contributed by atoms with van der Waals surface area (Å²) in [6, 6.07) is 15.9. The van der Waals surface area contributed by atoms with Crippen molar-refractivity contribution in [1.82, 2.24) is 10.4 Å². The van der Waals surface area contributed by atoms with E-state index in [4.69, 9.17) is 0 Å². The van der Waals surface area contributed by atoms with Gasteiger partial charge in [0, 0.05) is 21.8 Å². The van der Waals surface area contributed by atoms with Crippen molar-refractivity contribution < 1.29 is 4.59 Å². The number of para-hydroxylation sites is 1. The lowest BCUT2D eigenvalue weighted by Crippen LogP contribution is -2.58. The highest BCUT2D eigenvalue weighted by molar-refractivity contribution is 6.07. The second kappa shape index (κ2) is 5.49. The molecule has 0 amide bonds. The highest BCUT2D eigenvalue weighted by atomic mass is 15.7. The summed E-state index contributed by atoms with van der Waals surface area (Å²) in [5.41, 5.74) is 8.66. The van der Waals surface area contributed by atoms with E-state index in [2.05, 4.69) is 62.9 Å². The van der Waals surface area contributed by atoms with Gasteiger partial charge in [0.2, 0.25) is 6.34 Å². The van der Waals surface area contributed by atoms with Crippen LogP contribution in [0.4, 0.5) is 0 Å². The van der Waals surface area contributed by atoms with Crippen molar-refractivity contribution in [3.63, 3.8) is 0 Å². The second-order valence-electron chi connectivity index (χ2n) is 7.64. The summed E-state index contributed by atoms with van der Waals surface area (Å²) in [6.07, 6.45) is 11.8. The molecule has 0 saturated heterocycles. The zero-order chi connectivity index (χ0) is 17.8. The van der Waals surface area contributed by atoms with Gasteiger partial charge in [-0.15, -0.1) is 10.0 Å². The SMILES string of the molecule is C1=C[N+]2(NC3CC(c4ccc5c(c4)[nH]c4ccccc45)C3)C=NC=C2C=N1. The van der Waals surface area contributed by atoms with Gasteiger partial charge in [-0.25, -0.2) is 4.99 Å². The van der Waals surface area contributed by atoms with Crippen LogP contribution in [0.1, 0.15) is 24.3 Å². The van der Waals surface area contributed by atoms with Crippen LogP contribution in [0.3, 0.4) is 0 Å². The van der Waals surface area contributed by atoms with E-state index in [1.54, 1.807) is 0 Å². The Labute approximate surface area is 157 Å². The Hall–Kier alpha value is -3.02. The van der Waals surface area contributed by atoms with Gasteiger partial charge in [-0.3, -0.25) is 4.99 Å². The van der Waals surface area contributed by atoms with Crippen LogP contribution in [0.2, 0.25) is 0 Å². The fraction of sp³-hybridized carbons (Fsp3) is 0.182. The second-order valence-corrected chi connectivity index (χ2v) is 7.64. The summed E-state index contributed by atoms with van der Waals surface area (Å²) < 4.78 is 0.488. The van der Waals surface area contributed by atoms with Crippen LogP contribution in [-0.4, -0.2) is 28.2 Å². The van der Waals surface area contributed by atoms with E-state index in [1.807, 2.05) is 31.2 Å². The van der Waals surface area contributed by atoms with Crippen molar-refractivity contribution in [3.8, 4) is 0 Å². The van der Waals surface area contributed by atoms with Gasteiger partial charge in [0.25, 0.3) is 0 Å². The minimum absolute atomic E-state index is 0.470. The highest BCUT2D eigenvalue weighted by Gasteiger charge is 2.41. The Bertz CT molecular complexity index is 1180. The predicted octanol–water partition coefficient (Wildman–Crippen LogP) is 4.33. The van der Waals surface area contributed by atoms with Crippen molar-refractivity contribution in [2.45, 2.75) is 24.8 Å². The summed E-state index contributed by atoms with van der Waals surface area (Å²) in [4.78, 5) is 12.1.